The molecule has 76 valence electrons. The summed E-state index contributed by atoms with van der Waals surface area (Å²) < 4.78 is 0. The molecule has 1 rings (SSSR count). The topological polar surface area (TPSA) is 75.3 Å². The van der Waals surface area contributed by atoms with Gasteiger partial charge in [-0.05, 0) is 13.8 Å². The first-order valence-corrected chi connectivity index (χ1v) is 4.28. The molecule has 0 aromatic heterocycles. The predicted octanol–water partition coefficient (Wildman–Crippen LogP) is -0.516. The van der Waals surface area contributed by atoms with Gasteiger partial charge in [0.2, 0.25) is 17.7 Å². The van der Waals surface area contributed by atoms with Gasteiger partial charge < -0.3 is 5.32 Å². The van der Waals surface area contributed by atoms with Crippen LogP contribution in [0.5, 0.6) is 0 Å². The lowest BCUT2D eigenvalue weighted by atomic mass is 10.2. The Balaban J connectivity index is 2.53. The maximum atomic E-state index is 11.2. The minimum absolute atomic E-state index is 0.0289. The summed E-state index contributed by atoms with van der Waals surface area (Å²) in [4.78, 5) is 33.0. The third-order valence-corrected chi connectivity index (χ3v) is 1.70. The summed E-state index contributed by atoms with van der Waals surface area (Å²) in [6.45, 7) is 3.55. The fourth-order valence-electron chi connectivity index (χ4n) is 1.15. The Morgan fingerprint density at radius 1 is 1.50 bits per heavy atom. The first-order chi connectivity index (χ1) is 6.49. The smallest absolute Gasteiger partial charge is 0.249 e. The van der Waals surface area contributed by atoms with E-state index >= 15 is 0 Å². The molecule has 0 aromatic rings. The fraction of sp³-hybridized carbons (Fsp3) is 0.444. The van der Waals surface area contributed by atoms with Gasteiger partial charge in [-0.3, -0.25) is 19.7 Å². The van der Waals surface area contributed by atoms with E-state index in [-0.39, 0.29) is 18.2 Å². The van der Waals surface area contributed by atoms with Crippen LogP contribution < -0.4 is 10.6 Å². The second-order valence-corrected chi connectivity index (χ2v) is 3.40. The van der Waals surface area contributed by atoms with Crippen molar-refractivity contribution in [3.8, 4) is 0 Å². The number of amides is 3. The van der Waals surface area contributed by atoms with Crippen LogP contribution >= 0.6 is 0 Å². The molecule has 3 amide bonds. The van der Waals surface area contributed by atoms with Gasteiger partial charge in [0, 0.05) is 6.08 Å². The summed E-state index contributed by atoms with van der Waals surface area (Å²) in [5.74, 6) is -1.14. The van der Waals surface area contributed by atoms with Crippen molar-refractivity contribution in [3.63, 3.8) is 0 Å². The summed E-state index contributed by atoms with van der Waals surface area (Å²) >= 11 is 0. The molecule has 0 bridgehead atoms. The molecule has 14 heavy (non-hydrogen) atoms. The summed E-state index contributed by atoms with van der Waals surface area (Å²) in [7, 11) is 0. The van der Waals surface area contributed by atoms with Crippen molar-refractivity contribution in [2.75, 3.05) is 0 Å². The zero-order valence-electron chi connectivity index (χ0n) is 8.09. The number of allylic oxidation sites excluding steroid dienone is 1. The van der Waals surface area contributed by atoms with Crippen LogP contribution in [0.1, 0.15) is 20.3 Å². The van der Waals surface area contributed by atoms with Crippen LogP contribution in [0.15, 0.2) is 11.6 Å². The molecule has 2 N–H and O–H groups in total. The molecule has 0 saturated carbocycles. The number of carbonyl (C=O) groups is 3. The average Bonchev–Trinajstić information content (AvgIpc) is 2.28. The highest BCUT2D eigenvalue weighted by molar-refractivity contribution is 6.07. The third kappa shape index (κ3) is 2.69. The van der Waals surface area contributed by atoms with Crippen molar-refractivity contribution in [3.05, 3.63) is 11.6 Å². The standard InChI is InChI=1S/C9H12N2O3/c1-5(2)3-7(12)10-6-4-8(13)11-9(6)14/h3,6H,4H2,1-2H3,(H,10,12)(H,11,13,14)/t6-/m0/s1. The third-order valence-electron chi connectivity index (χ3n) is 1.70. The molecule has 0 radical (unpaired) electrons. The van der Waals surface area contributed by atoms with Gasteiger partial charge in [-0.1, -0.05) is 5.57 Å². The lowest BCUT2D eigenvalue weighted by molar-refractivity contribution is -0.127. The summed E-state index contributed by atoms with van der Waals surface area (Å²) in [5, 5.41) is 4.55. The zero-order chi connectivity index (χ0) is 10.7. The number of nitrogens with one attached hydrogen (secondary N) is 2. The van der Waals surface area contributed by atoms with Crippen LogP contribution in [0.4, 0.5) is 0 Å². The highest BCUT2D eigenvalue weighted by Crippen LogP contribution is 2.01. The molecule has 1 atom stereocenters. The Kier molecular flexibility index (Phi) is 3.01. The molecule has 0 aliphatic carbocycles. The maximum absolute atomic E-state index is 11.2. The summed E-state index contributed by atoms with van der Waals surface area (Å²) in [6, 6.07) is -0.717. The molecule has 1 aliphatic rings. The van der Waals surface area contributed by atoms with E-state index in [1.807, 2.05) is 0 Å². The second kappa shape index (κ2) is 4.04. The molecule has 0 aromatic carbocycles. The van der Waals surface area contributed by atoms with Gasteiger partial charge in [-0.2, -0.15) is 0 Å². The normalized spacial score (nSPS) is 20.3. The lowest BCUT2D eigenvalue weighted by Crippen LogP contribution is -2.39. The SMILES string of the molecule is CC(C)=CC(=O)N[C@H]1CC(=O)NC1=O. The molecule has 0 spiro atoms. The minimum Gasteiger partial charge on any atom is -0.340 e. The van der Waals surface area contributed by atoms with Gasteiger partial charge >= 0.3 is 0 Å². The van der Waals surface area contributed by atoms with E-state index in [1.54, 1.807) is 13.8 Å². The maximum Gasteiger partial charge on any atom is 0.249 e. The van der Waals surface area contributed by atoms with Crippen molar-refractivity contribution in [1.82, 2.24) is 10.6 Å². The molecule has 1 fully saturated rings. The molecule has 1 aliphatic heterocycles. The first-order valence-electron chi connectivity index (χ1n) is 4.28. The van der Waals surface area contributed by atoms with Crippen LogP contribution in [-0.2, 0) is 14.4 Å². The van der Waals surface area contributed by atoms with E-state index in [0.29, 0.717) is 0 Å². The molecule has 0 unspecified atom stereocenters. The van der Waals surface area contributed by atoms with Crippen LogP contribution in [0, 0.1) is 0 Å². The number of imide groups is 1. The van der Waals surface area contributed by atoms with Crippen LogP contribution in [0.25, 0.3) is 0 Å². The molecule has 5 heteroatoms. The monoisotopic (exact) mass is 196 g/mol. The predicted molar refractivity (Wildman–Crippen MR) is 49.1 cm³/mol. The van der Waals surface area contributed by atoms with Crippen LogP contribution in [-0.4, -0.2) is 23.8 Å². The Morgan fingerprint density at radius 3 is 2.57 bits per heavy atom. The highest BCUT2D eigenvalue weighted by atomic mass is 16.2. The van der Waals surface area contributed by atoms with E-state index in [4.69, 9.17) is 0 Å². The van der Waals surface area contributed by atoms with Crippen molar-refractivity contribution in [2.24, 2.45) is 0 Å². The Bertz CT molecular complexity index is 316. The van der Waals surface area contributed by atoms with Crippen LogP contribution in [0.2, 0.25) is 0 Å². The van der Waals surface area contributed by atoms with Gasteiger partial charge in [0.15, 0.2) is 0 Å². The van der Waals surface area contributed by atoms with Gasteiger partial charge in [0.1, 0.15) is 6.04 Å². The highest BCUT2D eigenvalue weighted by Gasteiger charge is 2.31. The number of hydrogen-bond acceptors (Lipinski definition) is 3. The molecule has 5 nitrogen and oxygen atoms in total. The fourth-order valence-corrected chi connectivity index (χ4v) is 1.15. The molecular formula is C9H12N2O3. The summed E-state index contributed by atoms with van der Waals surface area (Å²) in [5.41, 5.74) is 0.840. The number of hydrogen-bond donors (Lipinski definition) is 2. The van der Waals surface area contributed by atoms with Gasteiger partial charge in [0.05, 0.1) is 6.42 Å². The van der Waals surface area contributed by atoms with E-state index in [9.17, 15) is 14.4 Å². The second-order valence-electron chi connectivity index (χ2n) is 3.40. The number of carbonyl (C=O) groups excluding carboxylic acids is 3. The van der Waals surface area contributed by atoms with Gasteiger partial charge in [-0.15, -0.1) is 0 Å². The number of rotatable bonds is 2. The average molecular weight is 196 g/mol. The Hall–Kier alpha value is -1.65. The van der Waals surface area contributed by atoms with Crippen molar-refractivity contribution in [2.45, 2.75) is 26.3 Å². The van der Waals surface area contributed by atoms with E-state index in [0.717, 1.165) is 5.57 Å². The minimum atomic E-state index is -0.717. The molecule has 1 heterocycles. The molecular weight excluding hydrogens is 184 g/mol. The first kappa shape index (κ1) is 10.4. The van der Waals surface area contributed by atoms with Gasteiger partial charge in [-0.25, -0.2) is 0 Å². The van der Waals surface area contributed by atoms with E-state index in [2.05, 4.69) is 10.6 Å². The van der Waals surface area contributed by atoms with Crippen molar-refractivity contribution >= 4 is 17.7 Å². The van der Waals surface area contributed by atoms with Gasteiger partial charge in [0.25, 0.3) is 0 Å². The summed E-state index contributed by atoms with van der Waals surface area (Å²) in [6.07, 6.45) is 1.41. The zero-order valence-corrected chi connectivity index (χ0v) is 8.09. The van der Waals surface area contributed by atoms with E-state index in [1.165, 1.54) is 6.08 Å². The van der Waals surface area contributed by atoms with E-state index < -0.39 is 11.9 Å². The van der Waals surface area contributed by atoms with Crippen molar-refractivity contribution in [1.29, 1.82) is 0 Å². The largest absolute Gasteiger partial charge is 0.340 e. The Labute approximate surface area is 81.5 Å². The quantitative estimate of drug-likeness (QED) is 0.461. The van der Waals surface area contributed by atoms with Crippen molar-refractivity contribution < 1.29 is 14.4 Å². The molecule has 1 saturated heterocycles. The Morgan fingerprint density at radius 2 is 2.14 bits per heavy atom. The van der Waals surface area contributed by atoms with Crippen LogP contribution in [0.3, 0.4) is 0 Å². The lowest BCUT2D eigenvalue weighted by Gasteiger charge is -2.06.